The first kappa shape index (κ1) is 74.0. The number of carbonyl (C=O) groups is 3. The molecule has 0 bridgehead atoms. The number of nitrogens with one attached hydrogen (secondary N) is 1. The molecular formula is C69H79Cl6N15O6. The summed E-state index contributed by atoms with van der Waals surface area (Å²) in [5.41, 5.74) is 4.68. The fourth-order valence-electron chi connectivity index (χ4n) is 12.1. The van der Waals surface area contributed by atoms with E-state index in [1.54, 1.807) is 16.7 Å². The molecule has 3 aliphatic rings. The number of hydrogen-bond acceptors (Lipinski definition) is 16. The van der Waals surface area contributed by atoms with Gasteiger partial charge < -0.3 is 29.3 Å². The molecule has 1 N–H and O–H groups in total. The Bertz CT molecular complexity index is 3810. The zero-order valence-corrected chi connectivity index (χ0v) is 58.8. The second-order valence-corrected chi connectivity index (χ2v) is 26.3. The first-order valence-electron chi connectivity index (χ1n) is 31.6. The summed E-state index contributed by atoms with van der Waals surface area (Å²) in [6.07, 6.45) is 4.28. The number of benzene rings is 6. The number of nitrogens with zero attached hydrogens (tertiary/aromatic N) is 14. The zero-order chi connectivity index (χ0) is 68.6. The predicted molar refractivity (Wildman–Crippen MR) is 373 cm³/mol. The van der Waals surface area contributed by atoms with Gasteiger partial charge in [-0.3, -0.25) is 0 Å². The van der Waals surface area contributed by atoms with Crippen molar-refractivity contribution >= 4 is 87.2 Å². The van der Waals surface area contributed by atoms with Gasteiger partial charge in [0.25, 0.3) is 0 Å². The fourth-order valence-corrected chi connectivity index (χ4v) is 12.6. The molecule has 0 aliphatic carbocycles. The van der Waals surface area contributed by atoms with E-state index in [-0.39, 0.29) is 28.4 Å². The normalized spacial score (nSPS) is 15.3. The minimum Gasteiger partial charge on any atom is -0.454 e. The highest BCUT2D eigenvalue weighted by molar-refractivity contribution is 6.61. The van der Waals surface area contributed by atoms with Gasteiger partial charge in [0.1, 0.15) is 5.60 Å². The van der Waals surface area contributed by atoms with Crippen molar-refractivity contribution in [1.29, 1.82) is 0 Å². The maximum Gasteiger partial charge on any atom is 0.410 e. The Labute approximate surface area is 590 Å². The van der Waals surface area contributed by atoms with Gasteiger partial charge in [-0.1, -0.05) is 162 Å². The molecule has 3 fully saturated rings. The van der Waals surface area contributed by atoms with E-state index in [1.165, 1.54) is 5.56 Å². The molecule has 3 aromatic heterocycles. The van der Waals surface area contributed by atoms with E-state index in [0.29, 0.717) is 81.9 Å². The lowest BCUT2D eigenvalue weighted by molar-refractivity contribution is 0.0175. The number of carbonyl (C=O) groups excluding carboxylic acids is 3. The maximum atomic E-state index is 12.6. The number of aromatic nitrogens is 12. The third kappa shape index (κ3) is 19.9. The first-order chi connectivity index (χ1) is 46.3. The molecule has 9 aromatic rings. The third-order valence-corrected chi connectivity index (χ3v) is 17.6. The van der Waals surface area contributed by atoms with E-state index in [0.717, 1.165) is 89.1 Å². The van der Waals surface area contributed by atoms with Crippen molar-refractivity contribution in [3.8, 4) is 0 Å². The van der Waals surface area contributed by atoms with Crippen LogP contribution in [0.5, 0.6) is 0 Å². The predicted octanol–water partition coefficient (Wildman–Crippen LogP) is 14.5. The average molecular weight is 1430 g/mol. The number of ether oxygens (including phenoxy) is 3. The van der Waals surface area contributed by atoms with E-state index in [4.69, 9.17) is 79.1 Å². The van der Waals surface area contributed by atoms with Crippen molar-refractivity contribution in [2.24, 2.45) is 0 Å². The van der Waals surface area contributed by atoms with Gasteiger partial charge in [-0.05, 0) is 187 Å². The van der Waals surface area contributed by atoms with Crippen LogP contribution < -0.4 is 5.32 Å². The van der Waals surface area contributed by atoms with E-state index in [9.17, 15) is 14.4 Å². The molecule has 96 heavy (non-hydrogen) atoms. The van der Waals surface area contributed by atoms with Gasteiger partial charge in [-0.15, -0.1) is 38.5 Å². The molecule has 6 aromatic carbocycles. The summed E-state index contributed by atoms with van der Waals surface area (Å²) in [5, 5.41) is 44.0. The van der Waals surface area contributed by atoms with Crippen molar-refractivity contribution in [1.82, 2.24) is 75.7 Å². The summed E-state index contributed by atoms with van der Waals surface area (Å²) in [5.74, 6) is 2.56. The molecule has 27 heteroatoms. The minimum atomic E-state index is -0.738. The molecule has 0 unspecified atom stereocenters. The number of likely N-dealkylation sites (tertiary alicyclic amines) is 2. The van der Waals surface area contributed by atoms with E-state index in [1.807, 2.05) is 151 Å². The number of amides is 2. The average Bonchev–Trinajstić information content (AvgIpc) is 1.41. The lowest BCUT2D eigenvalue weighted by Gasteiger charge is -2.41. The van der Waals surface area contributed by atoms with Crippen LogP contribution in [-0.2, 0) is 50.1 Å². The molecule has 0 radical (unpaired) electrons. The smallest absolute Gasteiger partial charge is 0.410 e. The topological polar surface area (TPSA) is 228 Å². The van der Waals surface area contributed by atoms with Gasteiger partial charge >= 0.3 is 17.6 Å². The van der Waals surface area contributed by atoms with Crippen molar-refractivity contribution < 1.29 is 28.6 Å². The van der Waals surface area contributed by atoms with Gasteiger partial charge in [0.2, 0.25) is 0 Å². The highest BCUT2D eigenvalue weighted by Gasteiger charge is 2.46. The molecule has 2 amide bonds. The molecule has 21 nitrogen and oxygen atoms in total. The van der Waals surface area contributed by atoms with E-state index in [2.05, 4.69) is 111 Å². The molecule has 3 aliphatic heterocycles. The number of hydrogen-bond donors (Lipinski definition) is 1. The van der Waals surface area contributed by atoms with Crippen LogP contribution in [0, 0.1) is 0 Å². The van der Waals surface area contributed by atoms with Crippen molar-refractivity contribution in [2.45, 2.75) is 115 Å². The molecular weight excluding hydrogens is 1350 g/mol. The largest absolute Gasteiger partial charge is 0.454 e. The monoisotopic (exact) mass is 1420 g/mol. The fraction of sp³-hybridized carbons (Fsp3) is 0.391. The molecule has 6 heterocycles. The molecule has 12 rings (SSSR count). The first-order valence-corrected chi connectivity index (χ1v) is 34.2. The van der Waals surface area contributed by atoms with Gasteiger partial charge in [-0.2, -0.15) is 0 Å². The summed E-state index contributed by atoms with van der Waals surface area (Å²) in [6.45, 7) is 15.9. The standard InChI is InChI=1S/C24H28ClN5O2.C22H24ClN5O2.C19H20ClN5.C3H5ClO2.CH2Cl2/c1-23(2,3)32-22(31)29-15-13-24(14-16-29,19-7-5-4-6-8-19)21-26-27-28-30(21)17-18-9-11-20(25)12-10-18;1-2-30-21(29)27-14-12-22(13-15-27,18-6-4-3-5-7-18)20-24-25-26-28(20)16-17-8-10-19(23)11-9-17;20-17-8-6-15(7-9-17)14-25-18(22-23-24-25)19(10-12-21-13-11-19)16-4-2-1-3-5-16;1-2-6-3(4)5;2-1-3/h4-12H,13-17H2,1-3H3;3-11H,2,12-16H2,1H3;1-9,21H,10-14H2;2H2,1H3;1H2. The third-order valence-electron chi connectivity index (χ3n) is 16.7. The summed E-state index contributed by atoms with van der Waals surface area (Å²) >= 11 is 32.3. The van der Waals surface area contributed by atoms with Crippen LogP contribution in [0.25, 0.3) is 0 Å². The van der Waals surface area contributed by atoms with Crippen molar-refractivity contribution in [3.05, 3.63) is 230 Å². The Morgan fingerprint density at radius 3 is 1.04 bits per heavy atom. The lowest BCUT2D eigenvalue weighted by Crippen LogP contribution is -2.48. The lowest BCUT2D eigenvalue weighted by atomic mass is 9.72. The Morgan fingerprint density at radius 1 is 0.458 bits per heavy atom. The van der Waals surface area contributed by atoms with Gasteiger partial charge in [0.05, 0.1) is 54.4 Å². The summed E-state index contributed by atoms with van der Waals surface area (Å²) in [6, 6.07) is 54.4. The van der Waals surface area contributed by atoms with Crippen LogP contribution in [0.2, 0.25) is 15.1 Å². The van der Waals surface area contributed by atoms with Crippen molar-refractivity contribution in [3.63, 3.8) is 0 Å². The second-order valence-electron chi connectivity index (χ2n) is 23.9. The Kier molecular flexibility index (Phi) is 27.8. The van der Waals surface area contributed by atoms with Crippen LogP contribution in [0.3, 0.4) is 0 Å². The Morgan fingerprint density at radius 2 is 0.760 bits per heavy atom. The van der Waals surface area contributed by atoms with Gasteiger partial charge in [-0.25, -0.2) is 28.4 Å². The number of tetrazole rings is 3. The molecule has 0 spiro atoms. The highest BCUT2D eigenvalue weighted by Crippen LogP contribution is 2.43. The maximum absolute atomic E-state index is 12.6. The van der Waals surface area contributed by atoms with Crippen molar-refractivity contribution in [2.75, 3.05) is 57.8 Å². The number of rotatable bonds is 14. The number of piperidine rings is 3. The minimum absolute atomic E-state index is 0.150. The Hall–Kier alpha value is -7.76. The van der Waals surface area contributed by atoms with Gasteiger partial charge in [0, 0.05) is 52.8 Å². The number of alkyl halides is 2. The van der Waals surface area contributed by atoms with E-state index < -0.39 is 16.4 Å². The van der Waals surface area contributed by atoms with Gasteiger partial charge in [0.15, 0.2) is 17.5 Å². The van der Waals surface area contributed by atoms with Crippen LogP contribution in [-0.4, -0.2) is 151 Å². The van der Waals surface area contributed by atoms with E-state index >= 15 is 0 Å². The van der Waals surface area contributed by atoms with Crippen LogP contribution in [0.4, 0.5) is 14.4 Å². The number of halogens is 6. The molecule has 0 saturated carbocycles. The molecule has 0 atom stereocenters. The SMILES string of the molecule is CC(C)(C)OC(=O)N1CCC(c2ccccc2)(c2nnnn2Cc2ccc(Cl)cc2)CC1.CCOC(=O)Cl.CCOC(=O)N1CCC(c2ccccc2)(c2nnnn2Cc2ccc(Cl)cc2)CC1.ClCCl.Clc1ccc(Cn2nnnc2C2(c3ccccc3)CCNCC2)cc1. The van der Waals surface area contributed by atoms with Crippen LogP contribution >= 0.6 is 69.6 Å². The zero-order valence-electron chi connectivity index (χ0n) is 54.3. The summed E-state index contributed by atoms with van der Waals surface area (Å²) in [7, 11) is 0. The Balaban J connectivity index is 0.000000174. The second kappa shape index (κ2) is 36.0. The molecule has 3 saturated heterocycles. The van der Waals surface area contributed by atoms with Crippen LogP contribution in [0.1, 0.15) is 124 Å². The summed E-state index contributed by atoms with van der Waals surface area (Å²) in [4.78, 5) is 38.0. The quantitative estimate of drug-likeness (QED) is 0.0606. The van der Waals surface area contributed by atoms with Crippen LogP contribution in [0.15, 0.2) is 164 Å². The molecule has 508 valence electrons. The highest BCUT2D eigenvalue weighted by atomic mass is 35.5. The summed E-state index contributed by atoms with van der Waals surface area (Å²) < 4.78 is 20.6.